The first-order valence-electron chi connectivity index (χ1n) is 18.2. The lowest BCUT2D eigenvalue weighted by atomic mass is 10.0. The normalized spacial score (nSPS) is 15.2. The van der Waals surface area contributed by atoms with Crippen LogP contribution in [0.3, 0.4) is 0 Å². The molecule has 0 aliphatic heterocycles. The zero-order valence-electron chi connectivity index (χ0n) is 29.1. The molecule has 0 bridgehead atoms. The van der Waals surface area contributed by atoms with E-state index in [1.54, 1.807) is 20.8 Å². The van der Waals surface area contributed by atoms with Crippen molar-refractivity contribution in [3.63, 3.8) is 0 Å². The molecule has 0 aliphatic rings. The van der Waals surface area contributed by atoms with Gasteiger partial charge in [-0.25, -0.2) is 0 Å². The molecular formula is C37H70NO6+. The van der Waals surface area contributed by atoms with Crippen LogP contribution in [0.25, 0.3) is 0 Å². The number of allylic oxidation sites excluding steroid dienone is 2. The average molecular weight is 625 g/mol. The Labute approximate surface area is 270 Å². The molecule has 0 heterocycles. The number of carboxylic acid groups (broad SMARTS) is 3. The fourth-order valence-corrected chi connectivity index (χ4v) is 5.85. The monoisotopic (exact) mass is 625 g/mol. The van der Waals surface area contributed by atoms with Crippen molar-refractivity contribution in [3.05, 3.63) is 12.2 Å². The van der Waals surface area contributed by atoms with Crippen LogP contribution in [-0.4, -0.2) is 63.9 Å². The van der Waals surface area contributed by atoms with Crippen LogP contribution >= 0.6 is 0 Å². The van der Waals surface area contributed by atoms with Crippen LogP contribution in [0, 0.1) is 17.8 Å². The van der Waals surface area contributed by atoms with Crippen LogP contribution in [0.1, 0.15) is 163 Å². The lowest BCUT2D eigenvalue weighted by Gasteiger charge is -2.40. The van der Waals surface area contributed by atoms with Crippen molar-refractivity contribution >= 4 is 17.9 Å². The molecule has 0 saturated heterocycles. The predicted molar refractivity (Wildman–Crippen MR) is 182 cm³/mol. The highest BCUT2D eigenvalue weighted by Crippen LogP contribution is 2.22. The first-order chi connectivity index (χ1) is 21.0. The summed E-state index contributed by atoms with van der Waals surface area (Å²) in [7, 11) is 0. The number of unbranched alkanes of at least 4 members (excludes halogenated alkanes) is 16. The molecule has 7 heteroatoms. The Hall–Kier alpha value is -1.89. The van der Waals surface area contributed by atoms with E-state index in [9.17, 15) is 29.7 Å². The Morgan fingerprint density at radius 3 is 1.09 bits per heavy atom. The quantitative estimate of drug-likeness (QED) is 0.0390. The maximum absolute atomic E-state index is 11.5. The summed E-state index contributed by atoms with van der Waals surface area (Å²) in [5, 5.41) is 28.3. The van der Waals surface area contributed by atoms with Gasteiger partial charge in [0.2, 0.25) is 0 Å². The van der Waals surface area contributed by atoms with Crippen LogP contribution in [0.15, 0.2) is 12.2 Å². The molecule has 0 spiro atoms. The van der Waals surface area contributed by atoms with Gasteiger partial charge in [-0.15, -0.1) is 0 Å². The summed E-state index contributed by atoms with van der Waals surface area (Å²) in [6, 6.07) is 0. The average Bonchev–Trinajstić information content (AvgIpc) is 2.99. The first kappa shape index (κ1) is 42.1. The van der Waals surface area contributed by atoms with Gasteiger partial charge in [0.15, 0.2) is 0 Å². The Morgan fingerprint density at radius 1 is 0.477 bits per heavy atom. The fraction of sp³-hybridized carbons (Fsp3) is 0.865. The van der Waals surface area contributed by atoms with E-state index in [1.165, 1.54) is 89.9 Å². The number of hydrogen-bond acceptors (Lipinski definition) is 3. The molecule has 3 unspecified atom stereocenters. The molecule has 0 aromatic carbocycles. The van der Waals surface area contributed by atoms with Gasteiger partial charge in [0.05, 0.1) is 43.9 Å². The van der Waals surface area contributed by atoms with Crippen LogP contribution in [0.2, 0.25) is 0 Å². The number of aliphatic carboxylic acids is 3. The molecule has 0 aromatic rings. The van der Waals surface area contributed by atoms with Crippen LogP contribution in [0.5, 0.6) is 0 Å². The number of nitrogens with zero attached hydrogens (tertiary/aromatic N) is 1. The van der Waals surface area contributed by atoms with E-state index >= 15 is 0 Å². The Morgan fingerprint density at radius 2 is 0.773 bits per heavy atom. The van der Waals surface area contributed by atoms with Crippen molar-refractivity contribution in [1.82, 2.24) is 0 Å². The molecule has 0 fully saturated rings. The summed E-state index contributed by atoms with van der Waals surface area (Å²) in [5.41, 5.74) is 0. The van der Waals surface area contributed by atoms with Crippen molar-refractivity contribution in [2.24, 2.45) is 17.8 Å². The third kappa shape index (κ3) is 23.5. The minimum absolute atomic E-state index is 0.487. The summed E-state index contributed by atoms with van der Waals surface area (Å²) in [6.07, 6.45) is 29.4. The second kappa shape index (κ2) is 27.4. The van der Waals surface area contributed by atoms with E-state index in [2.05, 4.69) is 19.1 Å². The second-order valence-electron chi connectivity index (χ2n) is 13.7. The summed E-state index contributed by atoms with van der Waals surface area (Å²) in [6.45, 7) is 10.1. The van der Waals surface area contributed by atoms with Gasteiger partial charge in [0, 0.05) is 19.3 Å². The van der Waals surface area contributed by atoms with E-state index in [0.29, 0.717) is 43.4 Å². The maximum atomic E-state index is 11.5. The van der Waals surface area contributed by atoms with Crippen molar-refractivity contribution in [1.29, 1.82) is 0 Å². The third-order valence-electron chi connectivity index (χ3n) is 9.52. The molecule has 0 aromatic heterocycles. The van der Waals surface area contributed by atoms with Gasteiger partial charge in [-0.05, 0) is 32.1 Å². The summed E-state index contributed by atoms with van der Waals surface area (Å²) < 4.78 is 0.593. The predicted octanol–water partition coefficient (Wildman–Crippen LogP) is 9.73. The minimum atomic E-state index is -0.829. The molecule has 0 radical (unpaired) electrons. The highest BCUT2D eigenvalue weighted by molar-refractivity contribution is 5.70. The molecular weight excluding hydrogens is 554 g/mol. The highest BCUT2D eigenvalue weighted by Gasteiger charge is 2.31. The lowest BCUT2D eigenvalue weighted by Crippen LogP contribution is -2.52. The Balaban J connectivity index is 4.45. The molecule has 0 saturated carbocycles. The standard InChI is InChI=1S/C37H69NO6/c1-5-6-7-8-9-10-11-12-13-14-15-16-17-18-19-20-21-22-23-24-28-38(29-25-32(2)35(39)40,30-26-33(3)36(41)42)31-27-34(4)37(43)44/h20-21,32-34H,5-19,22-31H2,1-4H3,(H2-,39,40,41,42,43,44)/p+1/b21-20+. The van der Waals surface area contributed by atoms with Gasteiger partial charge < -0.3 is 19.8 Å². The van der Waals surface area contributed by atoms with Crippen LogP contribution < -0.4 is 0 Å². The topological polar surface area (TPSA) is 112 Å². The summed E-state index contributed by atoms with van der Waals surface area (Å²) in [5.74, 6) is -3.95. The van der Waals surface area contributed by atoms with E-state index in [4.69, 9.17) is 0 Å². The van der Waals surface area contributed by atoms with E-state index in [-0.39, 0.29) is 0 Å². The van der Waals surface area contributed by atoms with Gasteiger partial charge in [-0.3, -0.25) is 14.4 Å². The molecule has 7 nitrogen and oxygen atoms in total. The largest absolute Gasteiger partial charge is 0.481 e. The molecule has 44 heavy (non-hydrogen) atoms. The smallest absolute Gasteiger partial charge is 0.306 e. The summed E-state index contributed by atoms with van der Waals surface area (Å²) >= 11 is 0. The summed E-state index contributed by atoms with van der Waals surface area (Å²) in [4.78, 5) is 34.5. The molecule has 3 atom stereocenters. The van der Waals surface area contributed by atoms with E-state index in [1.807, 2.05) is 0 Å². The first-order valence-corrected chi connectivity index (χ1v) is 18.2. The number of rotatable bonds is 32. The van der Waals surface area contributed by atoms with Gasteiger partial charge in [0.1, 0.15) is 0 Å². The van der Waals surface area contributed by atoms with Crippen molar-refractivity contribution in [3.8, 4) is 0 Å². The molecule has 0 rings (SSSR count). The Kier molecular flexibility index (Phi) is 26.2. The molecule has 3 N–H and O–H groups in total. The Bertz CT molecular complexity index is 707. The molecule has 0 aliphatic carbocycles. The van der Waals surface area contributed by atoms with Gasteiger partial charge >= 0.3 is 17.9 Å². The third-order valence-corrected chi connectivity index (χ3v) is 9.52. The van der Waals surface area contributed by atoms with Crippen LogP contribution in [0.4, 0.5) is 0 Å². The zero-order chi connectivity index (χ0) is 33.1. The lowest BCUT2D eigenvalue weighted by molar-refractivity contribution is -0.929. The van der Waals surface area contributed by atoms with Gasteiger partial charge in [-0.1, -0.05) is 123 Å². The SMILES string of the molecule is CCCCCCCCCCCCCCCC/C=C/CCCC[N+](CCC(C)C(=O)O)(CCC(C)C(=O)O)CCC(C)C(=O)O. The highest BCUT2D eigenvalue weighted by atomic mass is 16.4. The molecule has 258 valence electrons. The zero-order valence-corrected chi connectivity index (χ0v) is 29.1. The van der Waals surface area contributed by atoms with Crippen molar-refractivity contribution in [2.75, 3.05) is 26.2 Å². The minimum Gasteiger partial charge on any atom is -0.481 e. The fourth-order valence-electron chi connectivity index (χ4n) is 5.85. The van der Waals surface area contributed by atoms with E-state index in [0.717, 1.165) is 32.2 Å². The number of carboxylic acids is 3. The van der Waals surface area contributed by atoms with Crippen molar-refractivity contribution in [2.45, 2.75) is 163 Å². The molecule has 0 amide bonds. The van der Waals surface area contributed by atoms with Gasteiger partial charge in [-0.2, -0.15) is 0 Å². The number of quaternary nitrogens is 1. The van der Waals surface area contributed by atoms with Gasteiger partial charge in [0.25, 0.3) is 0 Å². The number of carbonyl (C=O) groups is 3. The van der Waals surface area contributed by atoms with Crippen molar-refractivity contribution < 1.29 is 34.2 Å². The van der Waals surface area contributed by atoms with Crippen LogP contribution in [-0.2, 0) is 14.4 Å². The van der Waals surface area contributed by atoms with E-state index < -0.39 is 35.7 Å². The number of hydrogen-bond donors (Lipinski definition) is 3. The maximum Gasteiger partial charge on any atom is 0.306 e. The second-order valence-corrected chi connectivity index (χ2v) is 13.7.